The van der Waals surface area contributed by atoms with Crippen LogP contribution in [-0.2, 0) is 6.42 Å². The maximum atomic E-state index is 11.8. The number of aliphatic hydroxyl groups is 1. The number of carbonyl (C=O) groups excluding carboxylic acids is 1. The molecule has 122 valence electrons. The van der Waals surface area contributed by atoms with Crippen molar-refractivity contribution in [3.8, 4) is 0 Å². The number of nitrogens with one attached hydrogen (secondary N) is 2. The number of amides is 2. The predicted octanol–water partition coefficient (Wildman–Crippen LogP) is 2.47. The van der Waals surface area contributed by atoms with E-state index in [4.69, 9.17) is 5.11 Å². The molecule has 0 saturated heterocycles. The van der Waals surface area contributed by atoms with Gasteiger partial charge in [-0.05, 0) is 25.0 Å². The summed E-state index contributed by atoms with van der Waals surface area (Å²) in [5, 5.41) is 16.0. The molecule has 1 aliphatic rings. The van der Waals surface area contributed by atoms with Gasteiger partial charge in [0.2, 0.25) is 0 Å². The summed E-state index contributed by atoms with van der Waals surface area (Å²) >= 11 is 1.71. The van der Waals surface area contributed by atoms with Crippen LogP contribution in [-0.4, -0.2) is 35.3 Å². The minimum atomic E-state index is -0.150. The number of fused-ring (bicyclic) bond motifs is 1. The molecule has 2 atom stereocenters. The molecule has 6 heteroatoms. The summed E-state index contributed by atoms with van der Waals surface area (Å²) in [6.07, 6.45) is 6.41. The van der Waals surface area contributed by atoms with Crippen molar-refractivity contribution in [3.63, 3.8) is 0 Å². The Hall–Kier alpha value is -1.92. The monoisotopic (exact) mass is 331 g/mol. The van der Waals surface area contributed by atoms with Gasteiger partial charge in [0.15, 0.2) is 0 Å². The molecule has 0 unspecified atom stereocenters. The van der Waals surface area contributed by atoms with Crippen LogP contribution in [0.4, 0.5) is 4.79 Å². The number of aliphatic hydroxyl groups excluding tert-OH is 1. The Bertz CT molecular complexity index is 665. The van der Waals surface area contributed by atoms with E-state index in [0.29, 0.717) is 6.54 Å². The molecule has 0 bridgehead atoms. The van der Waals surface area contributed by atoms with Crippen molar-refractivity contribution in [3.05, 3.63) is 41.4 Å². The van der Waals surface area contributed by atoms with Crippen molar-refractivity contribution < 1.29 is 9.90 Å². The van der Waals surface area contributed by atoms with Crippen LogP contribution >= 0.6 is 11.3 Å². The van der Waals surface area contributed by atoms with Gasteiger partial charge in [-0.1, -0.05) is 24.3 Å². The standard InChI is InChI=1S/C17H21N3O2S/c21-11-12-7-8-13(10-12)19-17(22)18-9-3-6-16-20-14-4-1-2-5-15(14)23-16/h1-2,4-5,7-8,12-13,21H,3,6,9-11H2,(H2,18,19,22)/t12-,13+/m0/s1. The first-order valence-electron chi connectivity index (χ1n) is 7.92. The Morgan fingerprint density at radius 1 is 1.35 bits per heavy atom. The maximum absolute atomic E-state index is 11.8. The molecule has 1 aliphatic carbocycles. The molecule has 3 N–H and O–H groups in total. The van der Waals surface area contributed by atoms with Crippen LogP contribution in [0.2, 0.25) is 0 Å². The van der Waals surface area contributed by atoms with Gasteiger partial charge < -0.3 is 15.7 Å². The minimum absolute atomic E-state index is 0.0245. The van der Waals surface area contributed by atoms with Crippen LogP contribution < -0.4 is 10.6 Å². The average molecular weight is 331 g/mol. The molecule has 23 heavy (non-hydrogen) atoms. The normalized spacial score (nSPS) is 20.0. The number of carbonyl (C=O) groups is 1. The number of benzene rings is 1. The van der Waals surface area contributed by atoms with Gasteiger partial charge in [-0.15, -0.1) is 11.3 Å². The molecule has 0 saturated carbocycles. The number of rotatable bonds is 6. The van der Waals surface area contributed by atoms with E-state index in [1.807, 2.05) is 30.4 Å². The first kappa shape index (κ1) is 16.0. The molecule has 5 nitrogen and oxygen atoms in total. The second-order valence-electron chi connectivity index (χ2n) is 5.75. The maximum Gasteiger partial charge on any atom is 0.315 e. The Morgan fingerprint density at radius 2 is 2.22 bits per heavy atom. The van der Waals surface area contributed by atoms with Crippen molar-refractivity contribution in [1.82, 2.24) is 15.6 Å². The topological polar surface area (TPSA) is 74.2 Å². The highest BCUT2D eigenvalue weighted by Crippen LogP contribution is 2.22. The molecule has 1 heterocycles. The smallest absolute Gasteiger partial charge is 0.315 e. The fourth-order valence-corrected chi connectivity index (χ4v) is 3.71. The van der Waals surface area contributed by atoms with E-state index in [1.165, 1.54) is 4.70 Å². The van der Waals surface area contributed by atoms with E-state index in [2.05, 4.69) is 21.7 Å². The third kappa shape index (κ3) is 4.30. The molecular formula is C17H21N3O2S. The largest absolute Gasteiger partial charge is 0.396 e. The number of thiazole rings is 1. The van der Waals surface area contributed by atoms with Gasteiger partial charge in [-0.3, -0.25) is 0 Å². The molecule has 0 fully saturated rings. The summed E-state index contributed by atoms with van der Waals surface area (Å²) in [4.78, 5) is 16.4. The number of hydrogen-bond acceptors (Lipinski definition) is 4. The number of aromatic nitrogens is 1. The lowest BCUT2D eigenvalue weighted by molar-refractivity contribution is 0.231. The van der Waals surface area contributed by atoms with Gasteiger partial charge >= 0.3 is 6.03 Å². The zero-order valence-electron chi connectivity index (χ0n) is 12.9. The summed E-state index contributed by atoms with van der Waals surface area (Å²) in [6.45, 7) is 0.764. The lowest BCUT2D eigenvalue weighted by Crippen LogP contribution is -2.41. The van der Waals surface area contributed by atoms with Crippen LogP contribution in [0, 0.1) is 5.92 Å². The first-order valence-corrected chi connectivity index (χ1v) is 8.74. The van der Waals surface area contributed by atoms with Gasteiger partial charge in [0.05, 0.1) is 15.2 Å². The van der Waals surface area contributed by atoms with Crippen molar-refractivity contribution in [1.29, 1.82) is 0 Å². The summed E-state index contributed by atoms with van der Waals surface area (Å²) < 4.78 is 1.21. The van der Waals surface area contributed by atoms with Crippen molar-refractivity contribution >= 4 is 27.6 Å². The summed E-state index contributed by atoms with van der Waals surface area (Å²) in [7, 11) is 0. The summed E-state index contributed by atoms with van der Waals surface area (Å²) in [6, 6.07) is 8.00. The van der Waals surface area contributed by atoms with Gasteiger partial charge in [-0.25, -0.2) is 9.78 Å². The van der Waals surface area contributed by atoms with E-state index < -0.39 is 0 Å². The predicted molar refractivity (Wildman–Crippen MR) is 92.6 cm³/mol. The second-order valence-corrected chi connectivity index (χ2v) is 6.86. The highest BCUT2D eigenvalue weighted by atomic mass is 32.1. The van der Waals surface area contributed by atoms with E-state index in [0.717, 1.165) is 29.8 Å². The average Bonchev–Trinajstić information content (AvgIpc) is 3.17. The van der Waals surface area contributed by atoms with E-state index in [9.17, 15) is 4.79 Å². The third-order valence-electron chi connectivity index (χ3n) is 3.91. The van der Waals surface area contributed by atoms with Crippen LogP contribution in [0.1, 0.15) is 17.8 Å². The SMILES string of the molecule is O=C(NCCCc1nc2ccccc2s1)N[C@@H]1C=C[C@H](CO)C1. The molecule has 3 rings (SSSR count). The number of para-hydroxylation sites is 1. The van der Waals surface area contributed by atoms with E-state index >= 15 is 0 Å². The van der Waals surface area contributed by atoms with Gasteiger partial charge in [0, 0.05) is 31.5 Å². The molecule has 2 aromatic rings. The molecule has 1 aromatic carbocycles. The first-order chi connectivity index (χ1) is 11.2. The fraction of sp³-hybridized carbons (Fsp3) is 0.412. The van der Waals surface area contributed by atoms with Crippen LogP contribution in [0.5, 0.6) is 0 Å². The highest BCUT2D eigenvalue weighted by Gasteiger charge is 2.19. The van der Waals surface area contributed by atoms with Crippen molar-refractivity contribution in [2.24, 2.45) is 5.92 Å². The Morgan fingerprint density at radius 3 is 3.00 bits per heavy atom. The number of urea groups is 1. The molecule has 1 aromatic heterocycles. The van der Waals surface area contributed by atoms with Gasteiger partial charge in [0.25, 0.3) is 0 Å². The van der Waals surface area contributed by atoms with Gasteiger partial charge in [-0.2, -0.15) is 0 Å². The Kier molecular flexibility index (Phi) is 5.25. The van der Waals surface area contributed by atoms with Crippen LogP contribution in [0.3, 0.4) is 0 Å². The molecule has 0 radical (unpaired) electrons. The Balaban J connectivity index is 1.36. The van der Waals surface area contributed by atoms with Crippen molar-refractivity contribution in [2.45, 2.75) is 25.3 Å². The van der Waals surface area contributed by atoms with E-state index in [-0.39, 0.29) is 24.6 Å². The number of aryl methyl sites for hydroxylation is 1. The van der Waals surface area contributed by atoms with E-state index in [1.54, 1.807) is 11.3 Å². The highest BCUT2D eigenvalue weighted by molar-refractivity contribution is 7.18. The fourth-order valence-electron chi connectivity index (χ4n) is 2.70. The van der Waals surface area contributed by atoms with Crippen LogP contribution in [0.15, 0.2) is 36.4 Å². The summed E-state index contributed by atoms with van der Waals surface area (Å²) in [5.41, 5.74) is 1.05. The molecule has 2 amide bonds. The zero-order valence-corrected chi connectivity index (χ0v) is 13.7. The lowest BCUT2D eigenvalue weighted by atomic mass is 10.1. The Labute approximate surface area is 139 Å². The molecular weight excluding hydrogens is 310 g/mol. The number of hydrogen-bond donors (Lipinski definition) is 3. The molecule has 0 spiro atoms. The molecule has 0 aliphatic heterocycles. The summed E-state index contributed by atoms with van der Waals surface area (Å²) in [5.74, 6) is 0.166. The minimum Gasteiger partial charge on any atom is -0.396 e. The van der Waals surface area contributed by atoms with Crippen LogP contribution in [0.25, 0.3) is 10.2 Å². The third-order valence-corrected chi connectivity index (χ3v) is 5.01. The van der Waals surface area contributed by atoms with Gasteiger partial charge in [0.1, 0.15) is 0 Å². The second kappa shape index (κ2) is 7.57. The zero-order chi connectivity index (χ0) is 16.1. The lowest BCUT2D eigenvalue weighted by Gasteiger charge is -2.13. The number of nitrogens with zero attached hydrogens (tertiary/aromatic N) is 1. The quantitative estimate of drug-likeness (QED) is 0.562. The van der Waals surface area contributed by atoms with Crippen molar-refractivity contribution in [2.75, 3.05) is 13.2 Å².